The summed E-state index contributed by atoms with van der Waals surface area (Å²) in [4.78, 5) is 12.0. The van der Waals surface area contributed by atoms with E-state index in [1.807, 2.05) is 0 Å². The zero-order chi connectivity index (χ0) is 21.8. The van der Waals surface area contributed by atoms with E-state index in [2.05, 4.69) is 20.8 Å². The minimum atomic E-state index is -1.02. The normalized spacial score (nSPS) is 60.3. The molecule has 6 rings (SSSR count). The monoisotopic (exact) mass is 434 g/mol. The third-order valence-electron chi connectivity index (χ3n) is 11.2. The van der Waals surface area contributed by atoms with Crippen molar-refractivity contribution in [2.45, 2.75) is 103 Å². The summed E-state index contributed by atoms with van der Waals surface area (Å²) in [5.41, 5.74) is -0.672. The standard InChI is InChI=1S/C25H38O6/c1-22(13-26)8-4-9-24(3)16(22)7-10-23(2)15-11-18(27)25-12-19(28)29-21(25)30-20(31-25)14(15)5-6-17(23)24/h14-18,20-21,26-27H,4-13H2,1-3H3/t14-,15+,16?,17?,18+,20-,21+,22+,23-,24-,25-/m0/s1. The zero-order valence-electron chi connectivity index (χ0n) is 19.1. The van der Waals surface area contributed by atoms with Crippen LogP contribution in [0, 0.1) is 39.9 Å². The average molecular weight is 435 g/mol. The van der Waals surface area contributed by atoms with E-state index in [4.69, 9.17) is 14.2 Å². The number of fused-ring (bicyclic) bond motifs is 7. The van der Waals surface area contributed by atoms with Gasteiger partial charge in [-0.15, -0.1) is 0 Å². The van der Waals surface area contributed by atoms with Crippen molar-refractivity contribution >= 4 is 5.97 Å². The number of ether oxygens (including phenoxy) is 3. The van der Waals surface area contributed by atoms with Gasteiger partial charge in [0.2, 0.25) is 6.29 Å². The Balaban J connectivity index is 1.36. The number of aliphatic hydroxyl groups excluding tert-OH is 2. The van der Waals surface area contributed by atoms with Crippen molar-refractivity contribution in [3.8, 4) is 0 Å². The summed E-state index contributed by atoms with van der Waals surface area (Å²) < 4.78 is 17.9. The molecule has 6 nitrogen and oxygen atoms in total. The molecular formula is C25H38O6. The van der Waals surface area contributed by atoms with E-state index in [1.165, 1.54) is 12.8 Å². The lowest BCUT2D eigenvalue weighted by Crippen LogP contribution is -2.61. The van der Waals surface area contributed by atoms with Crippen LogP contribution in [0.15, 0.2) is 0 Å². The summed E-state index contributed by atoms with van der Waals surface area (Å²) >= 11 is 0. The number of carbonyl (C=O) groups is 1. The van der Waals surface area contributed by atoms with Gasteiger partial charge in [-0.1, -0.05) is 27.2 Å². The second-order valence-corrected chi connectivity index (χ2v) is 12.5. The summed E-state index contributed by atoms with van der Waals surface area (Å²) in [5.74, 6) is 1.33. The van der Waals surface area contributed by atoms with E-state index in [0.717, 1.165) is 32.1 Å². The van der Waals surface area contributed by atoms with Gasteiger partial charge in [-0.05, 0) is 78.9 Å². The van der Waals surface area contributed by atoms with Gasteiger partial charge in [-0.25, -0.2) is 0 Å². The molecule has 0 aromatic carbocycles. The number of esters is 1. The van der Waals surface area contributed by atoms with Gasteiger partial charge in [-0.2, -0.15) is 0 Å². The van der Waals surface area contributed by atoms with Gasteiger partial charge in [0.15, 0.2) is 11.9 Å². The molecule has 31 heavy (non-hydrogen) atoms. The Kier molecular flexibility index (Phi) is 4.35. The minimum absolute atomic E-state index is 0.0210. The Morgan fingerprint density at radius 3 is 2.61 bits per heavy atom. The predicted octanol–water partition coefficient (Wildman–Crippen LogP) is 3.38. The molecule has 0 aromatic heterocycles. The fourth-order valence-electron chi connectivity index (χ4n) is 9.76. The molecule has 0 radical (unpaired) electrons. The molecule has 2 unspecified atom stereocenters. The van der Waals surface area contributed by atoms with E-state index in [0.29, 0.717) is 24.2 Å². The third kappa shape index (κ3) is 2.51. The summed E-state index contributed by atoms with van der Waals surface area (Å²) in [7, 11) is 0. The van der Waals surface area contributed by atoms with Crippen LogP contribution in [0.1, 0.15) is 78.6 Å². The van der Waals surface area contributed by atoms with E-state index in [1.54, 1.807) is 0 Å². The van der Waals surface area contributed by atoms with E-state index < -0.39 is 24.3 Å². The number of carbonyl (C=O) groups excluding carboxylic acids is 1. The first kappa shape index (κ1) is 20.9. The Hall–Kier alpha value is -0.690. The molecule has 6 aliphatic rings. The van der Waals surface area contributed by atoms with Crippen molar-refractivity contribution in [1.29, 1.82) is 0 Å². The van der Waals surface area contributed by atoms with Gasteiger partial charge in [0.1, 0.15) is 0 Å². The number of hydrogen-bond donors (Lipinski definition) is 2. The molecule has 3 aliphatic carbocycles. The lowest BCUT2D eigenvalue weighted by atomic mass is 9.38. The van der Waals surface area contributed by atoms with Crippen LogP contribution in [0.3, 0.4) is 0 Å². The molecule has 2 N–H and O–H groups in total. The van der Waals surface area contributed by atoms with Crippen LogP contribution >= 0.6 is 0 Å². The topological polar surface area (TPSA) is 85.2 Å². The molecule has 6 heteroatoms. The Bertz CT molecular complexity index is 786. The maximum Gasteiger partial charge on any atom is 0.311 e. The molecule has 3 aliphatic heterocycles. The predicted molar refractivity (Wildman–Crippen MR) is 111 cm³/mol. The molecule has 3 heterocycles. The van der Waals surface area contributed by atoms with Crippen molar-refractivity contribution in [2.24, 2.45) is 39.9 Å². The van der Waals surface area contributed by atoms with E-state index >= 15 is 0 Å². The van der Waals surface area contributed by atoms with Gasteiger partial charge >= 0.3 is 5.97 Å². The van der Waals surface area contributed by atoms with E-state index in [9.17, 15) is 15.0 Å². The second-order valence-electron chi connectivity index (χ2n) is 12.5. The highest BCUT2D eigenvalue weighted by Gasteiger charge is 2.70. The largest absolute Gasteiger partial charge is 0.432 e. The molecule has 0 aromatic rings. The zero-order valence-corrected chi connectivity index (χ0v) is 19.1. The van der Waals surface area contributed by atoms with Crippen LogP contribution < -0.4 is 0 Å². The Labute approximate surface area is 185 Å². The molecule has 1 spiro atoms. The Morgan fingerprint density at radius 2 is 1.84 bits per heavy atom. The summed E-state index contributed by atoms with van der Waals surface area (Å²) in [6.45, 7) is 7.54. The second kappa shape index (κ2) is 6.46. The maximum atomic E-state index is 12.0. The molecular weight excluding hydrogens is 396 g/mol. The van der Waals surface area contributed by atoms with Gasteiger partial charge in [0.25, 0.3) is 0 Å². The first-order valence-electron chi connectivity index (χ1n) is 12.5. The molecule has 174 valence electrons. The molecule has 3 saturated heterocycles. The van der Waals surface area contributed by atoms with Crippen LogP contribution in [-0.4, -0.2) is 47.1 Å². The highest BCUT2D eigenvalue weighted by atomic mass is 16.8. The molecule has 6 fully saturated rings. The molecule has 2 bridgehead atoms. The summed E-state index contributed by atoms with van der Waals surface area (Å²) in [5, 5.41) is 21.6. The lowest BCUT2D eigenvalue weighted by molar-refractivity contribution is -0.225. The maximum absolute atomic E-state index is 12.0. The van der Waals surface area contributed by atoms with Gasteiger partial charge in [0, 0.05) is 12.5 Å². The first-order valence-corrected chi connectivity index (χ1v) is 12.5. The average Bonchev–Trinajstić information content (AvgIpc) is 3.17. The SMILES string of the molecule is C[C@]1(CO)CCC[C@@]2(C)C1CC[C@]1(C)C2CC[C@@H]2[C@H]3O[C@H]4OC(=O)C[C@]4(O3)[C@H](O)C[C@H]21. The van der Waals surface area contributed by atoms with Crippen LogP contribution in [0.25, 0.3) is 0 Å². The first-order chi connectivity index (χ1) is 14.7. The third-order valence-corrected chi connectivity index (χ3v) is 11.2. The van der Waals surface area contributed by atoms with Gasteiger partial charge in [0.05, 0.1) is 12.5 Å². The number of rotatable bonds is 1. The molecule has 3 saturated carbocycles. The van der Waals surface area contributed by atoms with Crippen molar-refractivity contribution in [3.05, 3.63) is 0 Å². The number of aliphatic hydroxyl groups is 2. The summed E-state index contributed by atoms with van der Waals surface area (Å²) in [6.07, 6.45) is 6.82. The highest BCUT2D eigenvalue weighted by molar-refractivity contribution is 5.74. The smallest absolute Gasteiger partial charge is 0.311 e. The van der Waals surface area contributed by atoms with Crippen molar-refractivity contribution in [3.63, 3.8) is 0 Å². The van der Waals surface area contributed by atoms with Crippen LogP contribution in [0.4, 0.5) is 0 Å². The van der Waals surface area contributed by atoms with Gasteiger partial charge in [-0.3, -0.25) is 4.79 Å². The fourth-order valence-corrected chi connectivity index (χ4v) is 9.76. The van der Waals surface area contributed by atoms with Crippen molar-refractivity contribution in [2.75, 3.05) is 6.61 Å². The quantitative estimate of drug-likeness (QED) is 0.616. The molecule has 11 atom stereocenters. The minimum Gasteiger partial charge on any atom is -0.432 e. The fraction of sp³-hybridized carbons (Fsp3) is 0.960. The van der Waals surface area contributed by atoms with Crippen molar-refractivity contribution in [1.82, 2.24) is 0 Å². The van der Waals surface area contributed by atoms with E-state index in [-0.39, 0.29) is 41.2 Å². The lowest BCUT2D eigenvalue weighted by Gasteiger charge is -2.67. The van der Waals surface area contributed by atoms with Crippen LogP contribution in [0.2, 0.25) is 0 Å². The van der Waals surface area contributed by atoms with Crippen LogP contribution in [-0.2, 0) is 19.0 Å². The molecule has 0 amide bonds. The van der Waals surface area contributed by atoms with Gasteiger partial charge < -0.3 is 24.4 Å². The van der Waals surface area contributed by atoms with Crippen molar-refractivity contribution < 1.29 is 29.2 Å². The van der Waals surface area contributed by atoms with Crippen LogP contribution in [0.5, 0.6) is 0 Å². The highest BCUT2D eigenvalue weighted by Crippen LogP contribution is 2.71. The number of hydrogen-bond acceptors (Lipinski definition) is 6. The Morgan fingerprint density at radius 1 is 1.03 bits per heavy atom. The summed E-state index contributed by atoms with van der Waals surface area (Å²) in [6, 6.07) is 0.